The van der Waals surface area contributed by atoms with Gasteiger partial charge in [0, 0.05) is 17.4 Å². The highest BCUT2D eigenvalue weighted by atomic mass is 32.2. The lowest BCUT2D eigenvalue weighted by molar-refractivity contribution is -0.139. The Morgan fingerprint density at radius 3 is 2.45 bits per heavy atom. The predicted octanol–water partition coefficient (Wildman–Crippen LogP) is 4.25. The number of hydrogen-bond acceptors (Lipinski definition) is 7. The summed E-state index contributed by atoms with van der Waals surface area (Å²) in [7, 11) is 0. The molecule has 2 aromatic rings. The molecule has 1 aliphatic rings. The Morgan fingerprint density at radius 2 is 1.82 bits per heavy atom. The fourth-order valence-electron chi connectivity index (χ4n) is 2.88. The first kappa shape index (κ1) is 25.0. The summed E-state index contributed by atoms with van der Waals surface area (Å²) in [4.78, 5) is 0. The Balaban J connectivity index is 1.58. The zero-order valence-corrected chi connectivity index (χ0v) is 18.3. The summed E-state index contributed by atoms with van der Waals surface area (Å²) in [6, 6.07) is 8.82. The number of nitrogens with zero attached hydrogens (tertiary/aromatic N) is 2. The second-order valence-electron chi connectivity index (χ2n) is 7.14. The van der Waals surface area contributed by atoms with Crippen LogP contribution in [0.4, 0.5) is 17.6 Å². The van der Waals surface area contributed by atoms with Gasteiger partial charge in [0.25, 0.3) is 0 Å². The van der Waals surface area contributed by atoms with E-state index in [2.05, 4.69) is 10.2 Å². The van der Waals surface area contributed by atoms with Gasteiger partial charge in [-0.05, 0) is 43.2 Å². The Bertz CT molecular complexity index is 1010. The Hall–Kier alpha value is -2.63. The van der Waals surface area contributed by atoms with Crippen molar-refractivity contribution < 1.29 is 32.1 Å². The molecule has 0 bridgehead atoms. The van der Waals surface area contributed by atoms with E-state index in [1.165, 1.54) is 42.1 Å². The molecule has 1 heterocycles. The Labute approximate surface area is 192 Å². The molecule has 0 amide bonds. The van der Waals surface area contributed by atoms with Gasteiger partial charge in [0.1, 0.15) is 22.4 Å². The molecule has 0 spiro atoms. The molecule has 6 nitrogen and oxygen atoms in total. The molecule has 11 heteroatoms. The van der Waals surface area contributed by atoms with Gasteiger partial charge >= 0.3 is 6.18 Å². The van der Waals surface area contributed by atoms with Crippen LogP contribution in [0.15, 0.2) is 52.7 Å². The highest BCUT2D eigenvalue weighted by Gasteiger charge is 2.35. The van der Waals surface area contributed by atoms with Gasteiger partial charge in [-0.3, -0.25) is 0 Å². The van der Waals surface area contributed by atoms with Crippen LogP contribution in [-0.4, -0.2) is 47.5 Å². The van der Waals surface area contributed by atoms with Crippen molar-refractivity contribution in [3.8, 4) is 11.5 Å². The molecule has 178 valence electrons. The molecule has 2 aromatic carbocycles. The monoisotopic (exact) mass is 485 g/mol. The van der Waals surface area contributed by atoms with Crippen LogP contribution >= 0.6 is 11.8 Å². The van der Waals surface area contributed by atoms with Crippen LogP contribution in [0, 0.1) is 5.82 Å². The summed E-state index contributed by atoms with van der Waals surface area (Å²) < 4.78 is 64.7. The summed E-state index contributed by atoms with van der Waals surface area (Å²) in [6.07, 6.45) is -3.63. The molecule has 0 aromatic heterocycles. The maximum absolute atomic E-state index is 13.6. The average molecular weight is 486 g/mol. The number of aliphatic hydroxyl groups is 1. The Morgan fingerprint density at radius 1 is 1.06 bits per heavy atom. The van der Waals surface area contributed by atoms with Crippen molar-refractivity contribution in [2.45, 2.75) is 25.1 Å². The van der Waals surface area contributed by atoms with Gasteiger partial charge in [-0.2, -0.15) is 18.3 Å². The smallest absolute Gasteiger partial charge is 0.419 e. The van der Waals surface area contributed by atoms with E-state index in [0.717, 1.165) is 6.07 Å². The van der Waals surface area contributed by atoms with Gasteiger partial charge in [0.15, 0.2) is 0 Å². The summed E-state index contributed by atoms with van der Waals surface area (Å²) >= 11 is 1.20. The number of hydrogen-bond donors (Lipinski definition) is 2. The standard InChI is InChI=1S/C22H23F4N3O3S/c23-15-4-3-5-16(11-15)31-8-1-2-9-32-20-7-6-14(10-17(20)22(24,25)26)21-29-28-19(13-33-21)18(27)12-30/h3-7,10-11,18,30H,1-2,8-9,12-13,27H2. The Kier molecular flexibility index (Phi) is 8.70. The third-order valence-corrected chi connectivity index (χ3v) is 5.67. The van der Waals surface area contributed by atoms with E-state index in [4.69, 9.17) is 20.3 Å². The van der Waals surface area contributed by atoms with Gasteiger partial charge < -0.3 is 20.3 Å². The molecule has 1 unspecified atom stereocenters. The predicted molar refractivity (Wildman–Crippen MR) is 120 cm³/mol. The van der Waals surface area contributed by atoms with Gasteiger partial charge in [0.2, 0.25) is 0 Å². The SMILES string of the molecule is NC(CO)C1=NN=C(c2ccc(OCCCCOc3cccc(F)c3)c(C(F)(F)F)c2)SC1. The van der Waals surface area contributed by atoms with Crippen LogP contribution in [0.25, 0.3) is 0 Å². The number of aliphatic hydroxyl groups excluding tert-OH is 1. The van der Waals surface area contributed by atoms with E-state index in [1.807, 2.05) is 0 Å². The van der Waals surface area contributed by atoms with Crippen LogP contribution in [0.5, 0.6) is 11.5 Å². The molecular formula is C22H23F4N3O3S. The number of ether oxygens (including phenoxy) is 2. The van der Waals surface area contributed by atoms with Gasteiger partial charge in [0.05, 0.1) is 37.1 Å². The van der Waals surface area contributed by atoms with Crippen LogP contribution in [0.3, 0.4) is 0 Å². The van der Waals surface area contributed by atoms with E-state index < -0.39 is 23.6 Å². The van der Waals surface area contributed by atoms with E-state index in [9.17, 15) is 17.6 Å². The minimum Gasteiger partial charge on any atom is -0.493 e. The van der Waals surface area contributed by atoms with Crippen molar-refractivity contribution in [2.75, 3.05) is 25.6 Å². The van der Waals surface area contributed by atoms with E-state index >= 15 is 0 Å². The molecule has 33 heavy (non-hydrogen) atoms. The number of unbranched alkanes of at least 4 members (excludes halogenated alkanes) is 1. The average Bonchev–Trinajstić information content (AvgIpc) is 2.80. The van der Waals surface area contributed by atoms with Crippen LogP contribution in [-0.2, 0) is 6.18 Å². The highest BCUT2D eigenvalue weighted by molar-refractivity contribution is 8.15. The largest absolute Gasteiger partial charge is 0.493 e. The van der Waals surface area contributed by atoms with Crippen LogP contribution < -0.4 is 15.2 Å². The molecule has 0 radical (unpaired) electrons. The van der Waals surface area contributed by atoms with Crippen LogP contribution in [0.1, 0.15) is 24.0 Å². The van der Waals surface area contributed by atoms with Gasteiger partial charge in [-0.25, -0.2) is 4.39 Å². The lowest BCUT2D eigenvalue weighted by atomic mass is 10.1. The van der Waals surface area contributed by atoms with Crippen molar-refractivity contribution in [3.05, 3.63) is 59.4 Å². The maximum atomic E-state index is 13.6. The van der Waals surface area contributed by atoms with Crippen LogP contribution in [0.2, 0.25) is 0 Å². The number of rotatable bonds is 10. The van der Waals surface area contributed by atoms with Crippen molar-refractivity contribution >= 4 is 22.5 Å². The number of halogens is 4. The van der Waals surface area contributed by atoms with Crippen molar-refractivity contribution in [1.82, 2.24) is 0 Å². The normalized spacial score (nSPS) is 15.0. The minimum absolute atomic E-state index is 0.0668. The van der Waals surface area contributed by atoms with E-state index in [0.29, 0.717) is 35.1 Å². The molecule has 1 atom stereocenters. The lowest BCUT2D eigenvalue weighted by Gasteiger charge is -2.18. The summed E-state index contributed by atoms with van der Waals surface area (Å²) in [5, 5.41) is 17.3. The van der Waals surface area contributed by atoms with E-state index in [-0.39, 0.29) is 31.1 Å². The molecule has 0 saturated carbocycles. The molecule has 0 fully saturated rings. The fourth-order valence-corrected chi connectivity index (χ4v) is 3.83. The van der Waals surface area contributed by atoms with Crippen molar-refractivity contribution in [2.24, 2.45) is 15.9 Å². The summed E-state index contributed by atoms with van der Waals surface area (Å²) in [6.45, 7) is 0.0696. The molecule has 1 aliphatic heterocycles. The van der Waals surface area contributed by atoms with Crippen molar-refractivity contribution in [3.63, 3.8) is 0 Å². The quantitative estimate of drug-likeness (QED) is 0.388. The summed E-state index contributed by atoms with van der Waals surface area (Å²) in [5.41, 5.74) is 5.53. The van der Waals surface area contributed by atoms with Crippen molar-refractivity contribution in [1.29, 1.82) is 0 Å². The third-order valence-electron chi connectivity index (χ3n) is 4.64. The fraction of sp³-hybridized carbons (Fsp3) is 0.364. The van der Waals surface area contributed by atoms with Gasteiger partial charge in [-0.1, -0.05) is 17.8 Å². The molecule has 0 aliphatic carbocycles. The number of alkyl halides is 3. The zero-order chi connectivity index (χ0) is 23.8. The number of nitrogens with two attached hydrogens (primary N) is 1. The maximum Gasteiger partial charge on any atom is 0.419 e. The first-order valence-corrected chi connectivity index (χ1v) is 11.1. The molecule has 3 rings (SSSR count). The highest BCUT2D eigenvalue weighted by Crippen LogP contribution is 2.38. The second-order valence-corrected chi connectivity index (χ2v) is 8.11. The molecule has 3 N–H and O–H groups in total. The third kappa shape index (κ3) is 7.18. The van der Waals surface area contributed by atoms with E-state index in [1.54, 1.807) is 6.07 Å². The lowest BCUT2D eigenvalue weighted by Crippen LogP contribution is -2.36. The second kappa shape index (κ2) is 11.5. The number of benzene rings is 2. The summed E-state index contributed by atoms with van der Waals surface area (Å²) in [5.74, 6) is 0.0459. The topological polar surface area (TPSA) is 89.4 Å². The molecule has 0 saturated heterocycles. The molecular weight excluding hydrogens is 462 g/mol. The van der Waals surface area contributed by atoms with Gasteiger partial charge in [-0.15, -0.1) is 5.10 Å². The minimum atomic E-state index is -4.61. The first-order chi connectivity index (χ1) is 15.8. The number of thioether (sulfide) groups is 1. The zero-order valence-electron chi connectivity index (χ0n) is 17.5. The first-order valence-electron chi connectivity index (χ1n) is 10.1.